The van der Waals surface area contributed by atoms with E-state index in [4.69, 9.17) is 0 Å². The Balaban J connectivity index is 1.63. The highest BCUT2D eigenvalue weighted by Gasteiger charge is 2.16. The lowest BCUT2D eigenvalue weighted by atomic mass is 10.0. The molecule has 0 unspecified atom stereocenters. The lowest BCUT2D eigenvalue weighted by Crippen LogP contribution is -2.11. The zero-order valence-electron chi connectivity index (χ0n) is 15.7. The average molecular weight is 387 g/mol. The number of pyridine rings is 2. The summed E-state index contributed by atoms with van der Waals surface area (Å²) in [5.74, 6) is 0.253. The standard InChI is InChI=1S/C21H18FN7/c1-2-23-9-12-6-13(11-24-10-12)14-7-15-18(8-16(14)22)28-29-19(15)21-26-17-4-3-5-25-20(17)27-21/h3-8,10-11,23H,2,9H2,1H3,(H,28,29)(H,25,26,27). The number of hydrogen-bond donors (Lipinski definition) is 3. The SMILES string of the molecule is CCNCc1cncc(-c2cc3c(-c4nc5ncccc5[nH]4)n[nH]c3cc2F)c1. The monoisotopic (exact) mass is 387 g/mol. The number of H-pyrrole nitrogens is 2. The highest BCUT2D eigenvalue weighted by atomic mass is 19.1. The van der Waals surface area contributed by atoms with Gasteiger partial charge in [0.05, 0.1) is 11.0 Å². The molecule has 0 bridgehead atoms. The van der Waals surface area contributed by atoms with Gasteiger partial charge in [-0.15, -0.1) is 0 Å². The Morgan fingerprint density at radius 3 is 2.93 bits per heavy atom. The third-order valence-corrected chi connectivity index (χ3v) is 4.82. The number of benzene rings is 1. The number of aromatic nitrogens is 6. The van der Waals surface area contributed by atoms with Crippen LogP contribution in [0.25, 0.3) is 44.7 Å². The lowest BCUT2D eigenvalue weighted by Gasteiger charge is -2.07. The van der Waals surface area contributed by atoms with E-state index in [1.165, 1.54) is 6.07 Å². The van der Waals surface area contributed by atoms with E-state index in [1.54, 1.807) is 24.7 Å². The first-order chi connectivity index (χ1) is 14.2. The summed E-state index contributed by atoms with van der Waals surface area (Å²) in [4.78, 5) is 16.3. The molecule has 1 aromatic carbocycles. The van der Waals surface area contributed by atoms with Crippen molar-refractivity contribution < 1.29 is 4.39 Å². The number of aromatic amines is 2. The van der Waals surface area contributed by atoms with E-state index >= 15 is 0 Å². The summed E-state index contributed by atoms with van der Waals surface area (Å²) < 4.78 is 14.8. The van der Waals surface area contributed by atoms with E-state index in [0.717, 1.165) is 28.6 Å². The van der Waals surface area contributed by atoms with Gasteiger partial charge in [0.1, 0.15) is 11.5 Å². The van der Waals surface area contributed by atoms with Gasteiger partial charge in [-0.05, 0) is 36.4 Å². The largest absolute Gasteiger partial charge is 0.335 e. The van der Waals surface area contributed by atoms with Gasteiger partial charge in [-0.1, -0.05) is 6.92 Å². The number of fused-ring (bicyclic) bond motifs is 2. The van der Waals surface area contributed by atoms with Crippen molar-refractivity contribution in [1.29, 1.82) is 0 Å². The summed E-state index contributed by atoms with van der Waals surface area (Å²) in [5.41, 5.74) is 4.85. The fourth-order valence-corrected chi connectivity index (χ4v) is 3.40. The minimum Gasteiger partial charge on any atom is -0.335 e. The predicted octanol–water partition coefficient (Wildman–Crippen LogP) is 3.81. The zero-order valence-corrected chi connectivity index (χ0v) is 15.7. The minimum atomic E-state index is -0.332. The number of hydrogen-bond acceptors (Lipinski definition) is 5. The van der Waals surface area contributed by atoms with Gasteiger partial charge in [0, 0.05) is 47.7 Å². The molecule has 0 radical (unpaired) electrons. The number of imidazole rings is 1. The molecule has 8 heteroatoms. The maximum absolute atomic E-state index is 14.8. The summed E-state index contributed by atoms with van der Waals surface area (Å²) in [6.45, 7) is 3.58. The van der Waals surface area contributed by atoms with E-state index < -0.39 is 0 Å². The van der Waals surface area contributed by atoms with Gasteiger partial charge in [0.15, 0.2) is 11.5 Å². The van der Waals surface area contributed by atoms with Crippen LogP contribution in [0.2, 0.25) is 0 Å². The molecule has 0 fully saturated rings. The molecule has 29 heavy (non-hydrogen) atoms. The summed E-state index contributed by atoms with van der Waals surface area (Å²) in [6.07, 6.45) is 5.15. The normalized spacial score (nSPS) is 11.5. The second-order valence-electron chi connectivity index (χ2n) is 6.77. The number of nitrogens with one attached hydrogen (secondary N) is 3. The van der Waals surface area contributed by atoms with Crippen molar-refractivity contribution in [2.24, 2.45) is 0 Å². The van der Waals surface area contributed by atoms with Crippen LogP contribution in [0.1, 0.15) is 12.5 Å². The number of halogens is 1. The molecular formula is C21H18FN7. The molecule has 5 aromatic rings. The van der Waals surface area contributed by atoms with Crippen molar-refractivity contribution in [3.8, 4) is 22.6 Å². The van der Waals surface area contributed by atoms with Crippen molar-refractivity contribution in [1.82, 2.24) is 35.5 Å². The maximum atomic E-state index is 14.8. The van der Waals surface area contributed by atoms with Crippen molar-refractivity contribution in [3.63, 3.8) is 0 Å². The van der Waals surface area contributed by atoms with Crippen LogP contribution in [0.15, 0.2) is 48.9 Å². The first-order valence-electron chi connectivity index (χ1n) is 9.36. The van der Waals surface area contributed by atoms with Crippen molar-refractivity contribution >= 4 is 22.1 Å². The summed E-state index contributed by atoms with van der Waals surface area (Å²) >= 11 is 0. The smallest absolute Gasteiger partial charge is 0.178 e. The molecule has 4 aromatic heterocycles. The quantitative estimate of drug-likeness (QED) is 0.426. The highest BCUT2D eigenvalue weighted by Crippen LogP contribution is 2.32. The van der Waals surface area contributed by atoms with Gasteiger partial charge in [0.2, 0.25) is 0 Å². The Morgan fingerprint density at radius 1 is 1.14 bits per heavy atom. The molecule has 0 saturated carbocycles. The minimum absolute atomic E-state index is 0.332. The summed E-state index contributed by atoms with van der Waals surface area (Å²) in [6, 6.07) is 8.94. The van der Waals surface area contributed by atoms with Crippen LogP contribution in [0.4, 0.5) is 4.39 Å². The fraction of sp³-hybridized carbons (Fsp3) is 0.143. The first kappa shape index (κ1) is 17.4. The second-order valence-corrected chi connectivity index (χ2v) is 6.77. The van der Waals surface area contributed by atoms with Crippen molar-refractivity contribution in [2.75, 3.05) is 6.54 Å². The number of nitrogens with zero attached hydrogens (tertiary/aromatic N) is 4. The first-order valence-corrected chi connectivity index (χ1v) is 9.36. The molecule has 0 aliphatic heterocycles. The topological polar surface area (TPSA) is 95.2 Å². The molecule has 5 rings (SSSR count). The van der Waals surface area contributed by atoms with Crippen LogP contribution in [-0.2, 0) is 6.54 Å². The van der Waals surface area contributed by atoms with Gasteiger partial charge in [-0.25, -0.2) is 14.4 Å². The van der Waals surface area contributed by atoms with E-state index in [-0.39, 0.29) is 5.82 Å². The van der Waals surface area contributed by atoms with E-state index in [9.17, 15) is 4.39 Å². The third-order valence-electron chi connectivity index (χ3n) is 4.82. The van der Waals surface area contributed by atoms with Gasteiger partial charge in [-0.2, -0.15) is 5.10 Å². The van der Waals surface area contributed by atoms with Crippen LogP contribution >= 0.6 is 0 Å². The Morgan fingerprint density at radius 2 is 2.07 bits per heavy atom. The molecule has 144 valence electrons. The molecular weight excluding hydrogens is 369 g/mol. The molecule has 0 spiro atoms. The predicted molar refractivity (Wildman–Crippen MR) is 110 cm³/mol. The molecule has 0 aliphatic carbocycles. The van der Waals surface area contributed by atoms with Crippen molar-refractivity contribution in [2.45, 2.75) is 13.5 Å². The van der Waals surface area contributed by atoms with Gasteiger partial charge in [-0.3, -0.25) is 10.1 Å². The lowest BCUT2D eigenvalue weighted by molar-refractivity contribution is 0.632. The van der Waals surface area contributed by atoms with Crippen molar-refractivity contribution in [3.05, 3.63) is 60.3 Å². The molecule has 4 heterocycles. The van der Waals surface area contributed by atoms with Gasteiger partial charge >= 0.3 is 0 Å². The number of rotatable bonds is 5. The Kier molecular flexibility index (Phi) is 4.25. The van der Waals surface area contributed by atoms with E-state index in [1.807, 2.05) is 25.1 Å². The molecule has 3 N–H and O–H groups in total. The van der Waals surface area contributed by atoms with Crippen LogP contribution < -0.4 is 5.32 Å². The Bertz CT molecular complexity index is 1290. The Labute approximate surface area is 165 Å². The van der Waals surface area contributed by atoms with Crippen LogP contribution in [0.5, 0.6) is 0 Å². The summed E-state index contributed by atoms with van der Waals surface area (Å²) in [5, 5.41) is 11.3. The van der Waals surface area contributed by atoms with Gasteiger partial charge in [0.25, 0.3) is 0 Å². The van der Waals surface area contributed by atoms with Crippen LogP contribution in [0, 0.1) is 5.82 Å². The Hall–Kier alpha value is -3.65. The maximum Gasteiger partial charge on any atom is 0.178 e. The van der Waals surface area contributed by atoms with Gasteiger partial charge < -0.3 is 10.3 Å². The molecule has 0 amide bonds. The molecule has 0 aliphatic rings. The third kappa shape index (κ3) is 3.13. The molecule has 0 atom stereocenters. The fourth-order valence-electron chi connectivity index (χ4n) is 3.40. The highest BCUT2D eigenvalue weighted by molar-refractivity contribution is 5.95. The second kappa shape index (κ2) is 7.06. The molecule has 0 saturated heterocycles. The average Bonchev–Trinajstić information content (AvgIpc) is 3.35. The van der Waals surface area contributed by atoms with Crippen LogP contribution in [0.3, 0.4) is 0 Å². The molecule has 7 nitrogen and oxygen atoms in total. The van der Waals surface area contributed by atoms with E-state index in [2.05, 4.69) is 35.5 Å². The van der Waals surface area contributed by atoms with Crippen LogP contribution in [-0.4, -0.2) is 36.7 Å². The van der Waals surface area contributed by atoms with E-state index in [0.29, 0.717) is 34.8 Å². The summed E-state index contributed by atoms with van der Waals surface area (Å²) in [7, 11) is 0. The zero-order chi connectivity index (χ0) is 19.8.